The Morgan fingerprint density at radius 1 is 1.06 bits per heavy atom. The van der Waals surface area contributed by atoms with E-state index in [-0.39, 0.29) is 0 Å². The lowest BCUT2D eigenvalue weighted by Crippen LogP contribution is -2.82. The highest BCUT2D eigenvalue weighted by atomic mass is 16.3. The van der Waals surface area contributed by atoms with Crippen molar-refractivity contribution in [2.45, 2.75) is 26.3 Å². The molecule has 0 bridgehead atoms. The zero-order valence-electron chi connectivity index (χ0n) is 10.4. The van der Waals surface area contributed by atoms with Crippen LogP contribution < -0.4 is 5.32 Å². The molecule has 0 unspecified atom stereocenters. The van der Waals surface area contributed by atoms with Crippen molar-refractivity contribution in [3.05, 3.63) is 48.2 Å². The Morgan fingerprint density at radius 2 is 1.88 bits per heavy atom. The Morgan fingerprint density at radius 3 is 2.65 bits per heavy atom. The Bertz CT molecular complexity index is 433. The highest BCUT2D eigenvalue weighted by Crippen LogP contribution is 2.21. The fourth-order valence-corrected chi connectivity index (χ4v) is 1.84. The van der Waals surface area contributed by atoms with Gasteiger partial charge in [-0.15, -0.1) is 0 Å². The van der Waals surface area contributed by atoms with E-state index < -0.39 is 0 Å². The fourth-order valence-electron chi connectivity index (χ4n) is 1.84. The van der Waals surface area contributed by atoms with Gasteiger partial charge in [0.2, 0.25) is 0 Å². The van der Waals surface area contributed by atoms with Crippen molar-refractivity contribution in [2.75, 3.05) is 6.54 Å². The van der Waals surface area contributed by atoms with Crippen LogP contribution in [0.4, 0.5) is 0 Å². The summed E-state index contributed by atoms with van der Waals surface area (Å²) < 4.78 is 5.82. The molecule has 0 saturated carbocycles. The fraction of sp³-hybridized carbons (Fsp3) is 0.333. The second-order valence-corrected chi connectivity index (χ2v) is 4.27. The van der Waals surface area contributed by atoms with Crippen LogP contribution in [0.1, 0.15) is 25.5 Å². The van der Waals surface area contributed by atoms with Gasteiger partial charge in [-0.3, -0.25) is 0 Å². The van der Waals surface area contributed by atoms with Gasteiger partial charge in [-0.05, 0) is 18.6 Å². The van der Waals surface area contributed by atoms with Crippen molar-refractivity contribution in [3.63, 3.8) is 0 Å². The van der Waals surface area contributed by atoms with Gasteiger partial charge in [-0.1, -0.05) is 43.7 Å². The summed E-state index contributed by atoms with van der Waals surface area (Å²) in [4.78, 5) is 0. The van der Waals surface area contributed by atoms with Crippen molar-refractivity contribution >= 4 is 0 Å². The van der Waals surface area contributed by atoms with Gasteiger partial charge in [0.25, 0.3) is 0 Å². The maximum Gasteiger partial charge on any atom is 0.158 e. The molecule has 90 valence electrons. The lowest BCUT2D eigenvalue weighted by Gasteiger charge is -1.98. The second kappa shape index (κ2) is 6.26. The first-order valence-corrected chi connectivity index (χ1v) is 6.36. The summed E-state index contributed by atoms with van der Waals surface area (Å²) in [6.07, 6.45) is 2.52. The number of unbranched alkanes of at least 4 members (excludes halogenated alkanes) is 1. The van der Waals surface area contributed by atoms with Gasteiger partial charge in [0.1, 0.15) is 12.3 Å². The van der Waals surface area contributed by atoms with E-state index in [2.05, 4.69) is 36.5 Å². The quantitative estimate of drug-likeness (QED) is 0.760. The van der Waals surface area contributed by atoms with Gasteiger partial charge >= 0.3 is 0 Å². The highest BCUT2D eigenvalue weighted by molar-refractivity contribution is 5.57. The largest absolute Gasteiger partial charge is 0.455 e. The van der Waals surface area contributed by atoms with Crippen LogP contribution in [0, 0.1) is 0 Å². The number of nitrogens with two attached hydrogens (primary N) is 1. The minimum absolute atomic E-state index is 0.937. The van der Waals surface area contributed by atoms with Crippen molar-refractivity contribution in [1.82, 2.24) is 0 Å². The number of hydrogen-bond acceptors (Lipinski definition) is 1. The molecule has 0 aliphatic carbocycles. The molecular formula is C15H20NO+. The van der Waals surface area contributed by atoms with Crippen molar-refractivity contribution in [2.24, 2.45) is 0 Å². The maximum absolute atomic E-state index is 5.82. The molecule has 0 radical (unpaired) electrons. The third-order valence-electron chi connectivity index (χ3n) is 2.83. The van der Waals surface area contributed by atoms with Crippen LogP contribution >= 0.6 is 0 Å². The molecule has 0 fully saturated rings. The molecule has 0 atom stereocenters. The standard InChI is InChI=1S/C15H19NO/c1-2-3-11-16-12-14-9-10-15(17-14)13-7-5-4-6-8-13/h4-10,16H,2-3,11-12H2,1H3/p+1. The van der Waals surface area contributed by atoms with Gasteiger partial charge in [0.05, 0.1) is 6.54 Å². The van der Waals surface area contributed by atoms with Crippen LogP contribution in [0.15, 0.2) is 46.9 Å². The summed E-state index contributed by atoms with van der Waals surface area (Å²) in [5.41, 5.74) is 1.15. The lowest BCUT2D eigenvalue weighted by molar-refractivity contribution is -0.672. The summed E-state index contributed by atoms with van der Waals surface area (Å²) in [7, 11) is 0. The van der Waals surface area contributed by atoms with E-state index in [1.807, 2.05) is 18.2 Å². The summed E-state index contributed by atoms with van der Waals surface area (Å²) in [5, 5.41) is 2.30. The lowest BCUT2D eigenvalue weighted by atomic mass is 10.2. The minimum Gasteiger partial charge on any atom is -0.455 e. The minimum atomic E-state index is 0.937. The molecule has 1 aromatic heterocycles. The van der Waals surface area contributed by atoms with Gasteiger partial charge in [0.15, 0.2) is 5.76 Å². The van der Waals surface area contributed by atoms with E-state index in [1.165, 1.54) is 19.4 Å². The first kappa shape index (κ1) is 11.9. The smallest absolute Gasteiger partial charge is 0.158 e. The summed E-state index contributed by atoms with van der Waals surface area (Å²) >= 11 is 0. The zero-order chi connectivity index (χ0) is 11.9. The zero-order valence-corrected chi connectivity index (χ0v) is 10.4. The Balaban J connectivity index is 1.92. The van der Waals surface area contributed by atoms with Crippen LogP contribution in [0.3, 0.4) is 0 Å². The van der Waals surface area contributed by atoms with Crippen LogP contribution in [0.25, 0.3) is 11.3 Å². The van der Waals surface area contributed by atoms with E-state index in [1.54, 1.807) is 0 Å². The molecule has 2 nitrogen and oxygen atoms in total. The molecule has 2 N–H and O–H groups in total. The van der Waals surface area contributed by atoms with Crippen LogP contribution in [-0.4, -0.2) is 6.54 Å². The predicted octanol–water partition coefficient (Wildman–Crippen LogP) is 2.81. The number of hydrogen-bond donors (Lipinski definition) is 1. The number of benzene rings is 1. The van der Waals surface area contributed by atoms with Crippen molar-refractivity contribution in [3.8, 4) is 11.3 Å². The summed E-state index contributed by atoms with van der Waals surface area (Å²) in [6.45, 7) is 4.33. The molecule has 2 heteroatoms. The van der Waals surface area contributed by atoms with E-state index in [0.29, 0.717) is 0 Å². The average molecular weight is 230 g/mol. The molecule has 1 aromatic carbocycles. The molecule has 0 spiro atoms. The maximum atomic E-state index is 5.82. The van der Waals surface area contributed by atoms with E-state index in [4.69, 9.17) is 4.42 Å². The normalized spacial score (nSPS) is 10.6. The van der Waals surface area contributed by atoms with E-state index in [9.17, 15) is 0 Å². The second-order valence-electron chi connectivity index (χ2n) is 4.27. The molecule has 2 rings (SSSR count). The molecule has 17 heavy (non-hydrogen) atoms. The molecule has 2 aromatic rings. The first-order valence-electron chi connectivity index (χ1n) is 6.36. The third-order valence-corrected chi connectivity index (χ3v) is 2.83. The molecular weight excluding hydrogens is 210 g/mol. The molecule has 0 aliphatic rings. The topological polar surface area (TPSA) is 29.8 Å². The molecule has 1 heterocycles. The summed E-state index contributed by atoms with van der Waals surface area (Å²) in [6, 6.07) is 14.4. The van der Waals surface area contributed by atoms with Gasteiger partial charge in [0, 0.05) is 5.56 Å². The summed E-state index contributed by atoms with van der Waals surface area (Å²) in [5.74, 6) is 2.02. The molecule has 0 aliphatic heterocycles. The Kier molecular flexibility index (Phi) is 4.39. The van der Waals surface area contributed by atoms with Crippen LogP contribution in [0.5, 0.6) is 0 Å². The third kappa shape index (κ3) is 3.46. The SMILES string of the molecule is CCCC[NH2+]Cc1ccc(-c2ccccc2)o1. The number of furan rings is 1. The Hall–Kier alpha value is -1.54. The van der Waals surface area contributed by atoms with E-state index in [0.717, 1.165) is 23.6 Å². The highest BCUT2D eigenvalue weighted by Gasteiger charge is 2.04. The van der Waals surface area contributed by atoms with Crippen molar-refractivity contribution in [1.29, 1.82) is 0 Å². The predicted molar refractivity (Wildman–Crippen MR) is 69.5 cm³/mol. The monoisotopic (exact) mass is 230 g/mol. The van der Waals surface area contributed by atoms with Crippen molar-refractivity contribution < 1.29 is 9.73 Å². The molecule has 0 saturated heterocycles. The molecule has 0 amide bonds. The first-order chi connectivity index (χ1) is 8.40. The van der Waals surface area contributed by atoms with E-state index >= 15 is 0 Å². The van der Waals surface area contributed by atoms with Gasteiger partial charge < -0.3 is 9.73 Å². The Labute approximate surface area is 103 Å². The average Bonchev–Trinajstić information content (AvgIpc) is 2.85. The van der Waals surface area contributed by atoms with Gasteiger partial charge in [-0.25, -0.2) is 0 Å². The number of quaternary nitrogens is 1. The van der Waals surface area contributed by atoms with Crippen LogP contribution in [0.2, 0.25) is 0 Å². The van der Waals surface area contributed by atoms with Crippen LogP contribution in [-0.2, 0) is 6.54 Å². The van der Waals surface area contributed by atoms with Gasteiger partial charge in [-0.2, -0.15) is 0 Å². The number of rotatable bonds is 6.